The maximum absolute atomic E-state index is 15.3. The van der Waals surface area contributed by atoms with Crippen molar-refractivity contribution < 1.29 is 28.1 Å². The normalized spacial score (nSPS) is 17.5. The van der Waals surface area contributed by atoms with Crippen LogP contribution in [0.2, 0.25) is 0 Å². The van der Waals surface area contributed by atoms with Crippen LogP contribution in [0, 0.1) is 19.7 Å². The van der Waals surface area contributed by atoms with Gasteiger partial charge in [-0.2, -0.15) is 0 Å². The molecule has 0 radical (unpaired) electrons. The fourth-order valence-corrected chi connectivity index (χ4v) is 5.95. The molecule has 0 amide bonds. The Bertz CT molecular complexity index is 1480. The largest absolute Gasteiger partial charge is 0.492 e. The molecule has 2 atom stereocenters. The van der Waals surface area contributed by atoms with Crippen LogP contribution in [0.4, 0.5) is 4.39 Å². The molecule has 2 unspecified atom stereocenters. The second kappa shape index (κ2) is 11.8. The van der Waals surface area contributed by atoms with Gasteiger partial charge in [0.25, 0.3) is 0 Å². The fraction of sp³-hybridized carbons (Fsp3) is 0.364. The smallest absolute Gasteiger partial charge is 0.306 e. The van der Waals surface area contributed by atoms with Crippen molar-refractivity contribution in [2.24, 2.45) is 5.84 Å². The standard InChI is InChI=1S/C33H37FN2O5/c1-6-22(36(4)35)18-39-24-13-19(2)32(20(3)14-24)26-9-11-28(34)33-27(26)10-12-29(33)41-23-7-8-25-21(15-31(37)38-5)17-40-30(25)16-23/h6-9,11,13-14,16,21,29H,10,12,15,17-18,35H2,1-5H3. The maximum Gasteiger partial charge on any atom is 0.306 e. The Labute approximate surface area is 240 Å². The number of ether oxygens (including phenoxy) is 4. The van der Waals surface area contributed by atoms with E-state index in [1.807, 2.05) is 49.4 Å². The minimum absolute atomic E-state index is 0.0471. The third-order valence-corrected chi connectivity index (χ3v) is 8.01. The van der Waals surface area contributed by atoms with Crippen LogP contribution < -0.4 is 20.1 Å². The molecule has 0 spiro atoms. The highest BCUT2D eigenvalue weighted by Gasteiger charge is 2.32. The van der Waals surface area contributed by atoms with Crippen LogP contribution in [-0.2, 0) is 16.0 Å². The number of hydrogen-bond donors (Lipinski definition) is 1. The molecule has 3 aromatic rings. The summed E-state index contributed by atoms with van der Waals surface area (Å²) >= 11 is 0. The number of methoxy groups -OCH3 is 1. The summed E-state index contributed by atoms with van der Waals surface area (Å²) in [5.41, 5.74) is 7.63. The van der Waals surface area contributed by atoms with E-state index in [-0.39, 0.29) is 24.1 Å². The molecule has 7 nitrogen and oxygen atoms in total. The van der Waals surface area contributed by atoms with Crippen LogP contribution >= 0.6 is 0 Å². The molecule has 41 heavy (non-hydrogen) atoms. The molecule has 5 rings (SSSR count). The molecular weight excluding hydrogens is 523 g/mol. The van der Waals surface area contributed by atoms with E-state index in [4.69, 9.17) is 24.8 Å². The van der Waals surface area contributed by atoms with E-state index in [9.17, 15) is 4.79 Å². The van der Waals surface area contributed by atoms with Crippen molar-refractivity contribution in [2.45, 2.75) is 52.1 Å². The number of halogens is 1. The third kappa shape index (κ3) is 5.75. The van der Waals surface area contributed by atoms with E-state index in [1.54, 1.807) is 12.1 Å². The summed E-state index contributed by atoms with van der Waals surface area (Å²) < 4.78 is 38.3. The second-order valence-electron chi connectivity index (χ2n) is 10.7. The van der Waals surface area contributed by atoms with Gasteiger partial charge in [-0.1, -0.05) is 18.2 Å². The molecule has 2 aliphatic rings. The minimum atomic E-state index is -0.411. The lowest BCUT2D eigenvalue weighted by Gasteiger charge is -2.20. The highest BCUT2D eigenvalue weighted by molar-refractivity contribution is 5.76. The molecule has 0 bridgehead atoms. The summed E-state index contributed by atoms with van der Waals surface area (Å²) in [5.74, 6) is 7.36. The lowest BCUT2D eigenvalue weighted by molar-refractivity contribution is -0.141. The van der Waals surface area contributed by atoms with Crippen LogP contribution in [0.1, 0.15) is 59.6 Å². The Morgan fingerprint density at radius 3 is 2.59 bits per heavy atom. The Kier molecular flexibility index (Phi) is 8.22. The van der Waals surface area contributed by atoms with Gasteiger partial charge in [0.2, 0.25) is 0 Å². The SMILES string of the molecule is CC=C(COc1cc(C)c(-c2ccc(F)c3c2CCC3Oc2ccc3c(c2)OCC3CC(=O)OC)c(C)c1)N(C)N. The number of aryl methyl sites for hydroxylation is 2. The topological polar surface area (TPSA) is 83.3 Å². The number of hydrogen-bond acceptors (Lipinski definition) is 7. The molecule has 0 saturated carbocycles. The van der Waals surface area contributed by atoms with Crippen LogP contribution in [0.5, 0.6) is 17.2 Å². The quantitative estimate of drug-likeness (QED) is 0.187. The number of esters is 1. The molecule has 0 fully saturated rings. The van der Waals surface area contributed by atoms with E-state index >= 15 is 4.39 Å². The molecule has 8 heteroatoms. The molecule has 1 aliphatic heterocycles. The number of fused-ring (bicyclic) bond motifs is 2. The second-order valence-corrected chi connectivity index (χ2v) is 10.7. The average Bonchev–Trinajstić information content (AvgIpc) is 3.54. The van der Waals surface area contributed by atoms with Gasteiger partial charge in [-0.25, -0.2) is 10.2 Å². The number of nitrogens with zero attached hydrogens (tertiary/aromatic N) is 1. The number of likely N-dealkylation sites (N-methyl/N-ethyl adjacent to an activating group) is 1. The van der Waals surface area contributed by atoms with E-state index in [0.29, 0.717) is 43.1 Å². The van der Waals surface area contributed by atoms with Gasteiger partial charge in [-0.3, -0.25) is 4.79 Å². The van der Waals surface area contributed by atoms with E-state index in [2.05, 4.69) is 13.8 Å². The fourth-order valence-electron chi connectivity index (χ4n) is 5.95. The number of carbonyl (C=O) groups excluding carboxylic acids is 1. The Morgan fingerprint density at radius 1 is 1.15 bits per heavy atom. The van der Waals surface area contributed by atoms with Crippen molar-refractivity contribution in [1.29, 1.82) is 0 Å². The molecule has 0 aromatic heterocycles. The van der Waals surface area contributed by atoms with Gasteiger partial charge in [-0.15, -0.1) is 0 Å². The zero-order valence-electron chi connectivity index (χ0n) is 24.3. The van der Waals surface area contributed by atoms with Crippen molar-refractivity contribution in [3.8, 4) is 28.4 Å². The highest BCUT2D eigenvalue weighted by atomic mass is 19.1. The molecule has 1 heterocycles. The van der Waals surface area contributed by atoms with Gasteiger partial charge >= 0.3 is 5.97 Å². The van der Waals surface area contributed by atoms with Gasteiger partial charge in [0.1, 0.15) is 35.8 Å². The molecule has 0 saturated heterocycles. The maximum atomic E-state index is 15.3. The van der Waals surface area contributed by atoms with E-state index in [0.717, 1.165) is 44.8 Å². The zero-order chi connectivity index (χ0) is 29.3. The number of allylic oxidation sites excluding steroid dienone is 1. The lowest BCUT2D eigenvalue weighted by Crippen LogP contribution is -2.28. The Morgan fingerprint density at radius 2 is 1.90 bits per heavy atom. The average molecular weight is 561 g/mol. The number of carbonyl (C=O) groups is 1. The van der Waals surface area contributed by atoms with Gasteiger partial charge in [0.15, 0.2) is 0 Å². The summed E-state index contributed by atoms with van der Waals surface area (Å²) in [7, 11) is 3.17. The predicted octanol–water partition coefficient (Wildman–Crippen LogP) is 6.30. The monoisotopic (exact) mass is 560 g/mol. The van der Waals surface area contributed by atoms with Gasteiger partial charge in [-0.05, 0) is 85.7 Å². The van der Waals surface area contributed by atoms with Gasteiger partial charge < -0.3 is 24.0 Å². The number of nitrogens with two attached hydrogens (primary N) is 1. The van der Waals surface area contributed by atoms with Crippen LogP contribution in [0.25, 0.3) is 11.1 Å². The Hall–Kier alpha value is -4.04. The molecule has 216 valence electrons. The highest BCUT2D eigenvalue weighted by Crippen LogP contribution is 2.45. The predicted molar refractivity (Wildman–Crippen MR) is 156 cm³/mol. The Balaban J connectivity index is 1.38. The molecular formula is C33H37FN2O5. The van der Waals surface area contributed by atoms with Crippen LogP contribution in [0.3, 0.4) is 0 Å². The molecule has 3 aromatic carbocycles. The van der Waals surface area contributed by atoms with Crippen molar-refractivity contribution in [1.82, 2.24) is 5.01 Å². The lowest BCUT2D eigenvalue weighted by atomic mass is 9.90. The summed E-state index contributed by atoms with van der Waals surface area (Å²) in [5, 5.41) is 1.55. The van der Waals surface area contributed by atoms with Crippen molar-refractivity contribution in [3.05, 3.63) is 87.9 Å². The summed E-state index contributed by atoms with van der Waals surface area (Å²) in [6.45, 7) is 6.82. The zero-order valence-corrected chi connectivity index (χ0v) is 24.3. The number of rotatable bonds is 9. The van der Waals surface area contributed by atoms with Gasteiger partial charge in [0.05, 0.1) is 25.8 Å². The number of benzene rings is 3. The third-order valence-electron chi connectivity index (χ3n) is 8.01. The van der Waals surface area contributed by atoms with Crippen molar-refractivity contribution >= 4 is 5.97 Å². The van der Waals surface area contributed by atoms with Crippen LogP contribution in [0.15, 0.2) is 54.2 Å². The van der Waals surface area contributed by atoms with Gasteiger partial charge in [0, 0.05) is 30.2 Å². The first-order chi connectivity index (χ1) is 19.7. The molecule has 2 N–H and O–H groups in total. The van der Waals surface area contributed by atoms with E-state index in [1.165, 1.54) is 13.2 Å². The first-order valence-corrected chi connectivity index (χ1v) is 13.9. The summed E-state index contributed by atoms with van der Waals surface area (Å²) in [6, 6.07) is 13.1. The van der Waals surface area contributed by atoms with E-state index < -0.39 is 6.10 Å². The van der Waals surface area contributed by atoms with Crippen molar-refractivity contribution in [3.63, 3.8) is 0 Å². The summed E-state index contributed by atoms with van der Waals surface area (Å²) in [4.78, 5) is 11.7. The first-order valence-electron chi connectivity index (χ1n) is 13.9. The van der Waals surface area contributed by atoms with Crippen molar-refractivity contribution in [2.75, 3.05) is 27.4 Å². The number of hydrazine groups is 1. The summed E-state index contributed by atoms with van der Waals surface area (Å²) in [6.07, 6.45) is 3.16. The van der Waals surface area contributed by atoms with Crippen LogP contribution in [-0.4, -0.2) is 38.3 Å². The molecule has 1 aliphatic carbocycles. The first kappa shape index (κ1) is 28.5. The minimum Gasteiger partial charge on any atom is -0.492 e.